The molecule has 3 aromatic heterocycles. The van der Waals surface area contributed by atoms with Gasteiger partial charge in [0.1, 0.15) is 29.8 Å². The van der Waals surface area contributed by atoms with Crippen LogP contribution < -0.4 is 11.1 Å². The van der Waals surface area contributed by atoms with E-state index in [1.165, 1.54) is 24.8 Å². The maximum Gasteiger partial charge on any atom is 0.141 e. The first-order valence-electron chi connectivity index (χ1n) is 9.99. The van der Waals surface area contributed by atoms with Gasteiger partial charge in [0.05, 0.1) is 22.9 Å². The molecule has 4 rings (SSSR count). The summed E-state index contributed by atoms with van der Waals surface area (Å²) in [5.41, 5.74) is 9.04. The number of nitrogens with two attached hydrogens (primary N) is 1. The van der Waals surface area contributed by atoms with Crippen molar-refractivity contribution in [3.05, 3.63) is 95.6 Å². The molecule has 3 heterocycles. The van der Waals surface area contributed by atoms with Crippen LogP contribution in [0.2, 0.25) is 0 Å². The van der Waals surface area contributed by atoms with E-state index in [1.807, 2.05) is 19.1 Å². The number of hydrogen-bond acceptors (Lipinski definition) is 8. The van der Waals surface area contributed by atoms with E-state index < -0.39 is 0 Å². The molecule has 33 heavy (non-hydrogen) atoms. The molecule has 0 aliphatic heterocycles. The van der Waals surface area contributed by atoms with E-state index in [0.29, 0.717) is 33.6 Å². The van der Waals surface area contributed by atoms with Gasteiger partial charge in [-0.15, -0.1) is 0 Å². The molecule has 0 amide bonds. The van der Waals surface area contributed by atoms with E-state index in [1.54, 1.807) is 36.7 Å². The topological polar surface area (TPSA) is 137 Å². The van der Waals surface area contributed by atoms with Gasteiger partial charge in [-0.3, -0.25) is 15.4 Å². The number of nitrogen functional groups attached to an aromatic ring is 1. The molecule has 162 valence electrons. The zero-order chi connectivity index (χ0) is 23.4. The molecule has 0 aliphatic rings. The third kappa shape index (κ3) is 4.50. The number of nitrogens with zero attached hydrogens (tertiary/aromatic N) is 5. The molecule has 8 nitrogen and oxygen atoms in total. The van der Waals surface area contributed by atoms with Crippen LogP contribution in [-0.4, -0.2) is 25.6 Å². The minimum Gasteiger partial charge on any atom is -0.383 e. The van der Waals surface area contributed by atoms with Gasteiger partial charge in [0.2, 0.25) is 0 Å². The Morgan fingerprint density at radius 1 is 1.12 bits per heavy atom. The zero-order valence-electron chi connectivity index (χ0n) is 17.6. The monoisotopic (exact) mass is 438 g/mol. The van der Waals surface area contributed by atoms with Crippen molar-refractivity contribution >= 4 is 17.3 Å². The van der Waals surface area contributed by atoms with Gasteiger partial charge in [-0.2, -0.15) is 5.26 Å². The molecule has 0 spiro atoms. The second kappa shape index (κ2) is 9.20. The van der Waals surface area contributed by atoms with Gasteiger partial charge in [-0.05, 0) is 30.7 Å². The number of anilines is 2. The van der Waals surface area contributed by atoms with Crippen LogP contribution in [0.3, 0.4) is 0 Å². The minimum atomic E-state index is -0.329. The Hall–Kier alpha value is -4.71. The molecule has 0 fully saturated rings. The van der Waals surface area contributed by atoms with Crippen LogP contribution in [0.1, 0.15) is 35.2 Å². The SMILES string of the molecule is CC(Nc1ncnc(N)c1C(=N)c1cncc(C#N)c1)c1cncc(-c2ccccc2F)c1. The van der Waals surface area contributed by atoms with E-state index in [-0.39, 0.29) is 23.4 Å². The molecule has 1 atom stereocenters. The Labute approximate surface area is 189 Å². The molecule has 1 aromatic carbocycles. The predicted molar refractivity (Wildman–Crippen MR) is 123 cm³/mol. The summed E-state index contributed by atoms with van der Waals surface area (Å²) in [4.78, 5) is 16.6. The molecular formula is C24H19FN8. The summed E-state index contributed by atoms with van der Waals surface area (Å²) in [6, 6.07) is 11.6. The predicted octanol–water partition coefficient (Wildman–Crippen LogP) is 4.12. The van der Waals surface area contributed by atoms with Crippen LogP contribution in [-0.2, 0) is 0 Å². The fourth-order valence-electron chi connectivity index (χ4n) is 3.36. The third-order valence-corrected chi connectivity index (χ3v) is 5.08. The fourth-order valence-corrected chi connectivity index (χ4v) is 3.36. The maximum atomic E-state index is 14.2. The second-order valence-electron chi connectivity index (χ2n) is 7.28. The quantitative estimate of drug-likeness (QED) is 0.385. The van der Waals surface area contributed by atoms with Crippen molar-refractivity contribution in [2.24, 2.45) is 0 Å². The Bertz CT molecular complexity index is 1380. The molecule has 1 unspecified atom stereocenters. The van der Waals surface area contributed by atoms with Crippen molar-refractivity contribution < 1.29 is 4.39 Å². The maximum absolute atomic E-state index is 14.2. The van der Waals surface area contributed by atoms with Crippen LogP contribution in [0.15, 0.2) is 67.5 Å². The lowest BCUT2D eigenvalue weighted by molar-refractivity contribution is 0.631. The summed E-state index contributed by atoms with van der Waals surface area (Å²) >= 11 is 0. The number of nitriles is 1. The van der Waals surface area contributed by atoms with E-state index in [2.05, 4.69) is 25.3 Å². The zero-order valence-corrected chi connectivity index (χ0v) is 17.6. The Morgan fingerprint density at radius 3 is 2.70 bits per heavy atom. The van der Waals surface area contributed by atoms with E-state index >= 15 is 0 Å². The highest BCUT2D eigenvalue weighted by molar-refractivity contribution is 6.16. The Kier molecular flexibility index (Phi) is 6.00. The van der Waals surface area contributed by atoms with Gasteiger partial charge in [-0.25, -0.2) is 14.4 Å². The lowest BCUT2D eigenvalue weighted by Gasteiger charge is -2.19. The number of halogens is 1. The molecule has 0 saturated heterocycles. The molecule has 0 radical (unpaired) electrons. The highest BCUT2D eigenvalue weighted by atomic mass is 19.1. The summed E-state index contributed by atoms with van der Waals surface area (Å²) < 4.78 is 14.2. The van der Waals surface area contributed by atoms with Crippen molar-refractivity contribution in [3.8, 4) is 17.2 Å². The fraction of sp³-hybridized carbons (Fsp3) is 0.0833. The number of hydrogen-bond donors (Lipinski definition) is 3. The van der Waals surface area contributed by atoms with Crippen LogP contribution in [0.25, 0.3) is 11.1 Å². The summed E-state index contributed by atoms with van der Waals surface area (Å²) in [6.45, 7) is 1.89. The van der Waals surface area contributed by atoms with Crippen LogP contribution in [0.4, 0.5) is 16.0 Å². The molecule has 9 heteroatoms. The summed E-state index contributed by atoms with van der Waals surface area (Å²) in [5.74, 6) is 0.133. The first-order chi connectivity index (χ1) is 16.0. The van der Waals surface area contributed by atoms with E-state index in [0.717, 1.165) is 5.56 Å². The molecule has 0 saturated carbocycles. The summed E-state index contributed by atoms with van der Waals surface area (Å²) in [5, 5.41) is 21.0. The van der Waals surface area contributed by atoms with Crippen LogP contribution in [0, 0.1) is 22.6 Å². The van der Waals surface area contributed by atoms with Crippen molar-refractivity contribution in [1.29, 1.82) is 10.7 Å². The van der Waals surface area contributed by atoms with Crippen molar-refractivity contribution in [2.75, 3.05) is 11.1 Å². The largest absolute Gasteiger partial charge is 0.383 e. The number of pyridine rings is 2. The van der Waals surface area contributed by atoms with Crippen molar-refractivity contribution in [1.82, 2.24) is 19.9 Å². The van der Waals surface area contributed by atoms with Gasteiger partial charge >= 0.3 is 0 Å². The van der Waals surface area contributed by atoms with Crippen LogP contribution in [0.5, 0.6) is 0 Å². The van der Waals surface area contributed by atoms with Gasteiger partial charge in [0.25, 0.3) is 0 Å². The average molecular weight is 438 g/mol. The highest BCUT2D eigenvalue weighted by Gasteiger charge is 2.19. The van der Waals surface area contributed by atoms with Crippen molar-refractivity contribution in [3.63, 3.8) is 0 Å². The minimum absolute atomic E-state index is 0.0330. The Morgan fingerprint density at radius 2 is 1.91 bits per heavy atom. The normalized spacial score (nSPS) is 11.4. The molecule has 4 aromatic rings. The highest BCUT2D eigenvalue weighted by Crippen LogP contribution is 2.28. The van der Waals surface area contributed by atoms with E-state index in [9.17, 15) is 4.39 Å². The number of rotatable bonds is 6. The Balaban J connectivity index is 1.66. The third-order valence-electron chi connectivity index (χ3n) is 5.08. The number of benzene rings is 1. The van der Waals surface area contributed by atoms with E-state index in [4.69, 9.17) is 16.4 Å². The molecule has 0 aliphatic carbocycles. The van der Waals surface area contributed by atoms with Gasteiger partial charge < -0.3 is 11.1 Å². The molecule has 4 N–H and O–H groups in total. The summed E-state index contributed by atoms with van der Waals surface area (Å²) in [7, 11) is 0. The lowest BCUT2D eigenvalue weighted by atomic mass is 10.0. The summed E-state index contributed by atoms with van der Waals surface area (Å²) in [6.07, 6.45) is 7.48. The van der Waals surface area contributed by atoms with Gasteiger partial charge in [0, 0.05) is 41.5 Å². The standard InChI is InChI=1S/C24H19FN8/c1-14(16-7-17(11-30-10-16)19-4-2-3-5-20(19)25)33-24-21(23(28)31-13-32-24)22(27)18-6-15(8-26)9-29-12-18/h2-7,9-14,27H,1H3,(H3,28,31,32,33). The average Bonchev–Trinajstić information content (AvgIpc) is 2.84. The lowest BCUT2D eigenvalue weighted by Crippen LogP contribution is -2.16. The van der Waals surface area contributed by atoms with Crippen LogP contribution >= 0.6 is 0 Å². The number of aromatic nitrogens is 4. The second-order valence-corrected chi connectivity index (χ2v) is 7.28. The first-order valence-corrected chi connectivity index (χ1v) is 9.99. The molecular weight excluding hydrogens is 419 g/mol. The smallest absolute Gasteiger partial charge is 0.141 e. The van der Waals surface area contributed by atoms with Gasteiger partial charge in [0.15, 0.2) is 0 Å². The van der Waals surface area contributed by atoms with Gasteiger partial charge in [-0.1, -0.05) is 18.2 Å². The number of nitrogens with one attached hydrogen (secondary N) is 2. The van der Waals surface area contributed by atoms with Crippen molar-refractivity contribution in [2.45, 2.75) is 13.0 Å². The molecule has 0 bridgehead atoms. The first kappa shape index (κ1) is 21.5.